The minimum Gasteiger partial charge on any atom is -0.389 e. The Balaban J connectivity index is 1.63. The van der Waals surface area contributed by atoms with E-state index in [0.717, 1.165) is 49.5 Å². The predicted molar refractivity (Wildman–Crippen MR) is 136 cm³/mol. The lowest BCUT2D eigenvalue weighted by molar-refractivity contribution is -0.0336. The minimum absolute atomic E-state index is 0.000422. The van der Waals surface area contributed by atoms with Gasteiger partial charge in [0.05, 0.1) is 18.3 Å². The molecule has 0 heterocycles. The molecule has 3 N–H and O–H groups in total. The van der Waals surface area contributed by atoms with E-state index in [2.05, 4.69) is 48.1 Å². The molecule has 3 heteroatoms. The molecule has 3 fully saturated rings. The average Bonchev–Trinajstić information content (AvgIpc) is 3.03. The van der Waals surface area contributed by atoms with Gasteiger partial charge in [-0.25, -0.2) is 0 Å². The van der Waals surface area contributed by atoms with E-state index in [1.54, 1.807) is 0 Å². The summed E-state index contributed by atoms with van der Waals surface area (Å²) in [7, 11) is 0. The van der Waals surface area contributed by atoms with Gasteiger partial charge < -0.3 is 15.3 Å². The van der Waals surface area contributed by atoms with Crippen LogP contribution in [-0.2, 0) is 0 Å². The molecule has 0 saturated heterocycles. The molecule has 0 aromatic heterocycles. The molecule has 4 rings (SSSR count). The normalized spacial score (nSPS) is 45.0. The molecule has 0 amide bonds. The summed E-state index contributed by atoms with van der Waals surface area (Å²) in [6.45, 7) is 18.4. The maximum absolute atomic E-state index is 11.4. The van der Waals surface area contributed by atoms with Gasteiger partial charge in [-0.3, -0.25) is 0 Å². The van der Waals surface area contributed by atoms with E-state index in [9.17, 15) is 15.3 Å². The first-order chi connectivity index (χ1) is 15.5. The highest BCUT2D eigenvalue weighted by molar-refractivity contribution is 5.41. The number of aliphatic hydroxyl groups is 3. The zero-order valence-electron chi connectivity index (χ0n) is 22.1. The molecule has 0 bridgehead atoms. The van der Waals surface area contributed by atoms with E-state index < -0.39 is 18.3 Å². The van der Waals surface area contributed by atoms with Crippen LogP contribution in [0.4, 0.5) is 0 Å². The maximum Gasteiger partial charge on any atom is 0.0762 e. The summed E-state index contributed by atoms with van der Waals surface area (Å²) in [4.78, 5) is 0. The summed E-state index contributed by atoms with van der Waals surface area (Å²) in [5, 5.41) is 33.3. The Morgan fingerprint density at radius 2 is 1.61 bits per heavy atom. The monoisotopic (exact) mass is 458 g/mol. The summed E-state index contributed by atoms with van der Waals surface area (Å²) in [5.41, 5.74) is 3.35. The van der Waals surface area contributed by atoms with Crippen LogP contribution in [0.15, 0.2) is 23.3 Å². The first-order valence-corrected chi connectivity index (χ1v) is 13.9. The molecule has 10 atom stereocenters. The van der Waals surface area contributed by atoms with Crippen LogP contribution < -0.4 is 0 Å². The average molecular weight is 459 g/mol. The Kier molecular flexibility index (Phi) is 7.02. The highest BCUT2D eigenvalue weighted by atomic mass is 16.3. The Bertz CT molecular complexity index is 783. The van der Waals surface area contributed by atoms with Gasteiger partial charge in [0, 0.05) is 0 Å². The molecule has 0 aromatic rings. The smallest absolute Gasteiger partial charge is 0.0762 e. The predicted octanol–water partition coefficient (Wildman–Crippen LogP) is 6.28. The molecule has 0 aromatic carbocycles. The van der Waals surface area contributed by atoms with E-state index in [1.165, 1.54) is 30.4 Å². The van der Waals surface area contributed by atoms with Crippen molar-refractivity contribution in [3.05, 3.63) is 23.3 Å². The molecular weight excluding hydrogens is 408 g/mol. The molecule has 3 saturated carbocycles. The molecule has 0 aliphatic heterocycles. The van der Waals surface area contributed by atoms with Crippen LogP contribution in [0.3, 0.4) is 0 Å². The fraction of sp³-hybridized carbons (Fsp3) is 0.867. The van der Waals surface area contributed by atoms with E-state index in [4.69, 9.17) is 0 Å². The number of fused-ring (bicyclic) bond motifs is 4. The first kappa shape index (κ1) is 25.5. The van der Waals surface area contributed by atoms with Crippen molar-refractivity contribution in [1.82, 2.24) is 0 Å². The lowest BCUT2D eigenvalue weighted by atomic mass is 9.47. The van der Waals surface area contributed by atoms with Gasteiger partial charge in [-0.1, -0.05) is 61.0 Å². The van der Waals surface area contributed by atoms with Crippen LogP contribution in [-0.4, -0.2) is 33.6 Å². The first-order valence-electron chi connectivity index (χ1n) is 13.9. The van der Waals surface area contributed by atoms with E-state index in [0.29, 0.717) is 24.2 Å². The minimum atomic E-state index is -0.515. The standard InChI is InChI=1S/C30H50O3/c1-8-20(17(2)3)10-9-18(4)22-15-26(33)28-27-21(11-13-30(22,28)7)29(6)14-12-24(31)19(5)23(29)16-25(27)32/h17-18,20-26,31-33H,5,8-16H2,1-4,6-7H3/t18-,20+,21+,22-,23+,24+,25-,26-,29-,30-/m1/s1. The third kappa shape index (κ3) is 3.99. The van der Waals surface area contributed by atoms with Gasteiger partial charge in [-0.2, -0.15) is 0 Å². The van der Waals surface area contributed by atoms with Crippen LogP contribution in [0.2, 0.25) is 0 Å². The molecule has 0 radical (unpaired) electrons. The topological polar surface area (TPSA) is 60.7 Å². The summed E-state index contributed by atoms with van der Waals surface area (Å²) >= 11 is 0. The van der Waals surface area contributed by atoms with Crippen molar-refractivity contribution in [1.29, 1.82) is 0 Å². The summed E-state index contributed by atoms with van der Waals surface area (Å²) in [6, 6.07) is 0. The lowest BCUT2D eigenvalue weighted by Gasteiger charge is -2.58. The van der Waals surface area contributed by atoms with Crippen LogP contribution in [0.25, 0.3) is 0 Å². The second-order valence-corrected chi connectivity index (χ2v) is 13.1. The molecule has 3 nitrogen and oxygen atoms in total. The summed E-state index contributed by atoms with van der Waals surface area (Å²) < 4.78 is 0. The quantitative estimate of drug-likeness (QED) is 0.411. The van der Waals surface area contributed by atoms with Crippen LogP contribution >= 0.6 is 0 Å². The molecule has 0 spiro atoms. The van der Waals surface area contributed by atoms with Gasteiger partial charge in [0.25, 0.3) is 0 Å². The van der Waals surface area contributed by atoms with E-state index >= 15 is 0 Å². The number of aliphatic hydroxyl groups excluding tert-OH is 3. The molecule has 4 aliphatic rings. The van der Waals surface area contributed by atoms with Gasteiger partial charge in [0.1, 0.15) is 0 Å². The summed E-state index contributed by atoms with van der Waals surface area (Å²) in [5.74, 6) is 3.06. The Morgan fingerprint density at radius 3 is 2.24 bits per heavy atom. The number of hydrogen-bond donors (Lipinski definition) is 3. The fourth-order valence-corrected chi connectivity index (χ4v) is 9.12. The molecule has 188 valence electrons. The van der Waals surface area contributed by atoms with Crippen molar-refractivity contribution in [2.45, 2.75) is 118 Å². The SMILES string of the molecule is C=C1[C@@H](O)CC[C@@]2(C)[C@H]1C[C@@H](O)C1=C3[C@H](O)C[C@H]([C@H](C)CC[C@H](CC)C(C)C)[C@@]3(C)CC[C@@H]12. The third-order valence-electron chi connectivity index (χ3n) is 11.3. The Morgan fingerprint density at radius 1 is 0.909 bits per heavy atom. The second kappa shape index (κ2) is 9.10. The number of hydrogen-bond acceptors (Lipinski definition) is 3. The van der Waals surface area contributed by atoms with E-state index in [-0.39, 0.29) is 16.7 Å². The van der Waals surface area contributed by atoms with Crippen molar-refractivity contribution >= 4 is 0 Å². The third-order valence-corrected chi connectivity index (χ3v) is 11.3. The highest BCUT2D eigenvalue weighted by Gasteiger charge is 2.60. The summed E-state index contributed by atoms with van der Waals surface area (Å²) in [6.07, 6.45) is 7.83. The van der Waals surface area contributed by atoms with Gasteiger partial charge in [0.2, 0.25) is 0 Å². The molecular formula is C30H50O3. The highest BCUT2D eigenvalue weighted by Crippen LogP contribution is 2.66. The molecule has 0 unspecified atom stereocenters. The lowest BCUT2D eigenvalue weighted by Crippen LogP contribution is -2.53. The zero-order chi connectivity index (χ0) is 24.3. The maximum atomic E-state index is 11.4. The van der Waals surface area contributed by atoms with Crippen molar-refractivity contribution < 1.29 is 15.3 Å². The van der Waals surface area contributed by atoms with Gasteiger partial charge in [0.15, 0.2) is 0 Å². The van der Waals surface area contributed by atoms with Crippen LogP contribution in [0.5, 0.6) is 0 Å². The Labute approximate surface area is 202 Å². The van der Waals surface area contributed by atoms with Gasteiger partial charge >= 0.3 is 0 Å². The van der Waals surface area contributed by atoms with Crippen LogP contribution in [0.1, 0.15) is 99.3 Å². The van der Waals surface area contributed by atoms with Crippen LogP contribution in [0, 0.1) is 46.3 Å². The van der Waals surface area contributed by atoms with Gasteiger partial charge in [-0.05, 0) is 108 Å². The Hall–Kier alpha value is -0.640. The second-order valence-electron chi connectivity index (χ2n) is 13.1. The largest absolute Gasteiger partial charge is 0.389 e. The van der Waals surface area contributed by atoms with E-state index in [1.807, 2.05) is 0 Å². The van der Waals surface area contributed by atoms with Crippen molar-refractivity contribution in [2.24, 2.45) is 46.3 Å². The fourth-order valence-electron chi connectivity index (χ4n) is 9.12. The number of rotatable bonds is 6. The van der Waals surface area contributed by atoms with Crippen molar-refractivity contribution in [3.63, 3.8) is 0 Å². The van der Waals surface area contributed by atoms with Crippen molar-refractivity contribution in [3.8, 4) is 0 Å². The van der Waals surface area contributed by atoms with Crippen molar-refractivity contribution in [2.75, 3.05) is 0 Å². The molecule has 33 heavy (non-hydrogen) atoms. The van der Waals surface area contributed by atoms with Gasteiger partial charge in [-0.15, -0.1) is 0 Å². The zero-order valence-corrected chi connectivity index (χ0v) is 22.1. The molecule has 4 aliphatic carbocycles.